The van der Waals surface area contributed by atoms with Crippen molar-refractivity contribution < 1.29 is 14.3 Å². The standard InChI is InChI=1S/C30H29N9O3/c1-41-21-6-2-17(3-7-21)24-8-4-18(12-31-24)22-13-35-39-28-23(14-42-16-33-28)25(36-29(22)39)11-19-10-20-5-9-26(19)38(20)30(40)27-32-15-34-37-27/h2-4,6-8,12-13,15,19-20,26,33H,5,9-11,14,16H2,1H3,(H,32,34,37). The van der Waals surface area contributed by atoms with Crippen molar-refractivity contribution in [3.05, 3.63) is 72.2 Å². The maximum Gasteiger partial charge on any atom is 0.291 e. The van der Waals surface area contributed by atoms with Gasteiger partial charge in [-0.05, 0) is 61.9 Å². The lowest BCUT2D eigenvalue weighted by Crippen LogP contribution is -2.37. The summed E-state index contributed by atoms with van der Waals surface area (Å²) in [6, 6.07) is 12.3. The molecule has 0 radical (unpaired) electrons. The summed E-state index contributed by atoms with van der Waals surface area (Å²) in [5, 5.41) is 14.7. The van der Waals surface area contributed by atoms with Gasteiger partial charge in [-0.2, -0.15) is 14.7 Å². The maximum absolute atomic E-state index is 13.2. The smallest absolute Gasteiger partial charge is 0.291 e. The number of fused-ring (bicyclic) bond motifs is 5. The zero-order valence-electron chi connectivity index (χ0n) is 23.0. The predicted octanol–water partition coefficient (Wildman–Crippen LogP) is 3.72. The lowest BCUT2D eigenvalue weighted by Gasteiger charge is -2.26. The van der Waals surface area contributed by atoms with Gasteiger partial charge in [0.25, 0.3) is 5.91 Å². The molecular formula is C30H29N9O3. The number of carbonyl (C=O) groups excluding carboxylic acids is 1. The molecule has 42 heavy (non-hydrogen) atoms. The molecule has 12 nitrogen and oxygen atoms in total. The van der Waals surface area contributed by atoms with E-state index in [0.717, 1.165) is 76.5 Å². The van der Waals surface area contributed by atoms with Crippen LogP contribution >= 0.6 is 0 Å². The monoisotopic (exact) mass is 563 g/mol. The average molecular weight is 564 g/mol. The highest BCUT2D eigenvalue weighted by Gasteiger charge is 2.49. The number of rotatable bonds is 6. The molecule has 3 atom stereocenters. The van der Waals surface area contributed by atoms with E-state index in [-0.39, 0.29) is 18.0 Å². The average Bonchev–Trinajstić information content (AvgIpc) is 3.86. The number of H-pyrrole nitrogens is 1. The highest BCUT2D eigenvalue weighted by molar-refractivity contribution is 5.91. The molecule has 3 unspecified atom stereocenters. The van der Waals surface area contributed by atoms with Gasteiger partial charge in [-0.25, -0.2) is 9.97 Å². The predicted molar refractivity (Wildman–Crippen MR) is 153 cm³/mol. The number of aromatic nitrogens is 7. The highest BCUT2D eigenvalue weighted by Crippen LogP contribution is 2.44. The van der Waals surface area contributed by atoms with Crippen molar-refractivity contribution in [3.8, 4) is 28.1 Å². The van der Waals surface area contributed by atoms with E-state index < -0.39 is 0 Å². The van der Waals surface area contributed by atoms with Crippen LogP contribution in [0, 0.1) is 5.92 Å². The van der Waals surface area contributed by atoms with Crippen LogP contribution in [0.15, 0.2) is 55.1 Å². The van der Waals surface area contributed by atoms with Gasteiger partial charge in [-0.3, -0.25) is 14.9 Å². The van der Waals surface area contributed by atoms with E-state index in [1.165, 1.54) is 6.33 Å². The molecule has 3 aliphatic heterocycles. The Labute approximate surface area is 241 Å². The largest absolute Gasteiger partial charge is 0.497 e. The fourth-order valence-electron chi connectivity index (χ4n) is 6.86. The first-order chi connectivity index (χ1) is 20.7. The number of amides is 1. The third-order valence-corrected chi connectivity index (χ3v) is 8.85. The minimum atomic E-state index is -0.0680. The zero-order valence-corrected chi connectivity index (χ0v) is 23.0. The summed E-state index contributed by atoms with van der Waals surface area (Å²) in [5.41, 5.74) is 6.53. The molecule has 8 rings (SSSR count). The lowest BCUT2D eigenvalue weighted by atomic mass is 9.85. The van der Waals surface area contributed by atoms with Crippen LogP contribution in [0.25, 0.3) is 28.0 Å². The molecule has 0 aliphatic carbocycles. The number of hydrogen-bond acceptors (Lipinski definition) is 9. The number of benzene rings is 1. The number of ether oxygens (including phenoxy) is 2. The van der Waals surface area contributed by atoms with Gasteiger partial charge in [0.15, 0.2) is 5.65 Å². The summed E-state index contributed by atoms with van der Waals surface area (Å²) in [6.45, 7) is 0.877. The Balaban J connectivity index is 1.12. The molecule has 12 heteroatoms. The summed E-state index contributed by atoms with van der Waals surface area (Å²) < 4.78 is 12.9. The molecule has 212 valence electrons. The second kappa shape index (κ2) is 9.91. The molecule has 0 saturated carbocycles. The molecule has 1 aromatic carbocycles. The van der Waals surface area contributed by atoms with Gasteiger partial charge < -0.3 is 19.7 Å². The van der Waals surface area contributed by atoms with Crippen LogP contribution < -0.4 is 10.1 Å². The van der Waals surface area contributed by atoms with E-state index >= 15 is 0 Å². The van der Waals surface area contributed by atoms with E-state index in [0.29, 0.717) is 25.1 Å². The number of carbonyl (C=O) groups is 1. The lowest BCUT2D eigenvalue weighted by molar-refractivity contribution is 0.0706. The van der Waals surface area contributed by atoms with Crippen molar-refractivity contribution >= 4 is 17.4 Å². The van der Waals surface area contributed by atoms with E-state index in [4.69, 9.17) is 24.5 Å². The molecule has 5 aromatic rings. The summed E-state index contributed by atoms with van der Waals surface area (Å²) in [5.74, 6) is 2.26. The van der Waals surface area contributed by atoms with Crippen molar-refractivity contribution in [3.63, 3.8) is 0 Å². The van der Waals surface area contributed by atoms with Crippen LogP contribution in [0.4, 0.5) is 5.82 Å². The number of hydrogen-bond donors (Lipinski definition) is 2. The minimum Gasteiger partial charge on any atom is -0.497 e. The van der Waals surface area contributed by atoms with Crippen molar-refractivity contribution in [1.29, 1.82) is 0 Å². The molecule has 2 saturated heterocycles. The first-order valence-corrected chi connectivity index (χ1v) is 14.2. The minimum absolute atomic E-state index is 0.0680. The number of nitrogens with zero attached hydrogens (tertiary/aromatic N) is 7. The normalized spacial score (nSPS) is 21.0. The number of aromatic amines is 1. The first kappa shape index (κ1) is 24.9. The van der Waals surface area contributed by atoms with Crippen LogP contribution in [-0.2, 0) is 17.8 Å². The molecule has 3 aliphatic rings. The molecule has 2 N–H and O–H groups in total. The fourth-order valence-corrected chi connectivity index (χ4v) is 6.86. The Morgan fingerprint density at radius 2 is 1.98 bits per heavy atom. The Hall–Kier alpha value is -4.84. The number of methoxy groups -OCH3 is 1. The highest BCUT2D eigenvalue weighted by atomic mass is 16.5. The van der Waals surface area contributed by atoms with Gasteiger partial charge in [-0.1, -0.05) is 6.07 Å². The maximum atomic E-state index is 13.2. The van der Waals surface area contributed by atoms with Crippen molar-refractivity contribution in [2.75, 3.05) is 19.2 Å². The Morgan fingerprint density at radius 3 is 2.76 bits per heavy atom. The zero-order chi connectivity index (χ0) is 28.2. The molecule has 0 spiro atoms. The Morgan fingerprint density at radius 1 is 1.10 bits per heavy atom. The third kappa shape index (κ3) is 4.01. The second-order valence-electron chi connectivity index (χ2n) is 11.1. The molecular weight excluding hydrogens is 534 g/mol. The van der Waals surface area contributed by atoms with Crippen molar-refractivity contribution in [2.45, 2.75) is 44.4 Å². The van der Waals surface area contributed by atoms with E-state index in [1.54, 1.807) is 7.11 Å². The van der Waals surface area contributed by atoms with Gasteiger partial charge in [0.2, 0.25) is 5.82 Å². The fraction of sp³-hybridized carbons (Fsp3) is 0.333. The molecule has 2 fully saturated rings. The SMILES string of the molecule is COc1ccc(-c2ccc(-c3cnn4c5c(c(CC6CC7CCC6N7C(=O)c6ncn[nH]6)nc34)COCN5)cn2)cc1. The third-order valence-electron chi connectivity index (χ3n) is 8.85. The summed E-state index contributed by atoms with van der Waals surface area (Å²) >= 11 is 0. The summed E-state index contributed by atoms with van der Waals surface area (Å²) in [4.78, 5) is 29.3. The molecule has 7 heterocycles. The molecule has 4 aromatic heterocycles. The van der Waals surface area contributed by atoms with E-state index in [9.17, 15) is 4.79 Å². The number of anilines is 1. The summed E-state index contributed by atoms with van der Waals surface area (Å²) in [6.07, 6.45) is 8.81. The van der Waals surface area contributed by atoms with E-state index in [1.807, 2.05) is 52.1 Å². The second-order valence-corrected chi connectivity index (χ2v) is 11.1. The van der Waals surface area contributed by atoms with Gasteiger partial charge >= 0.3 is 0 Å². The van der Waals surface area contributed by atoms with Crippen LogP contribution in [0.5, 0.6) is 5.75 Å². The quantitative estimate of drug-likeness (QED) is 0.317. The first-order valence-electron chi connectivity index (χ1n) is 14.2. The van der Waals surface area contributed by atoms with Gasteiger partial charge in [-0.15, -0.1) is 0 Å². The van der Waals surface area contributed by atoms with Gasteiger partial charge in [0, 0.05) is 40.5 Å². The Bertz CT molecular complexity index is 1770. The van der Waals surface area contributed by atoms with Gasteiger partial charge in [0.05, 0.1) is 31.3 Å². The topological polar surface area (TPSA) is 135 Å². The van der Waals surface area contributed by atoms with Crippen LogP contribution in [0.2, 0.25) is 0 Å². The molecule has 1 amide bonds. The van der Waals surface area contributed by atoms with Crippen LogP contribution in [0.3, 0.4) is 0 Å². The van der Waals surface area contributed by atoms with Crippen LogP contribution in [0.1, 0.15) is 41.1 Å². The number of nitrogens with one attached hydrogen (secondary N) is 2. The molecule has 2 bridgehead atoms. The van der Waals surface area contributed by atoms with Crippen LogP contribution in [-0.4, -0.2) is 71.5 Å². The van der Waals surface area contributed by atoms with E-state index in [2.05, 4.69) is 26.6 Å². The number of pyridine rings is 1. The van der Waals surface area contributed by atoms with Crippen molar-refractivity contribution in [1.82, 2.24) is 39.7 Å². The van der Waals surface area contributed by atoms with Gasteiger partial charge in [0.1, 0.15) is 24.6 Å². The summed E-state index contributed by atoms with van der Waals surface area (Å²) in [7, 11) is 1.66. The Kier molecular flexibility index (Phi) is 5.88. The van der Waals surface area contributed by atoms with Crippen molar-refractivity contribution in [2.24, 2.45) is 5.92 Å².